The fourth-order valence-electron chi connectivity index (χ4n) is 5.08. The molecule has 1 saturated heterocycles. The number of hydrogen-bond acceptors (Lipinski definition) is 4. The van der Waals surface area contributed by atoms with E-state index in [0.29, 0.717) is 18.4 Å². The summed E-state index contributed by atoms with van der Waals surface area (Å²) in [5, 5.41) is 6.46. The summed E-state index contributed by atoms with van der Waals surface area (Å²) in [6, 6.07) is 9.36. The highest BCUT2D eigenvalue weighted by Gasteiger charge is 2.45. The molecule has 1 aliphatic heterocycles. The number of carbonyl (C=O) groups is 1. The van der Waals surface area contributed by atoms with E-state index in [1.165, 1.54) is 29.0 Å². The van der Waals surface area contributed by atoms with Crippen LogP contribution in [-0.2, 0) is 16.8 Å². The van der Waals surface area contributed by atoms with Crippen LogP contribution in [0.4, 0.5) is 0 Å². The molecule has 1 unspecified atom stereocenters. The molecule has 1 amide bonds. The molecule has 5 rings (SSSR count). The Hall–Kier alpha value is -1.72. The Labute approximate surface area is 165 Å². The molecular weight excluding hydrogens is 354 g/mol. The second-order valence-electron chi connectivity index (χ2n) is 8.52. The van der Waals surface area contributed by atoms with Crippen LogP contribution in [-0.4, -0.2) is 34.9 Å². The molecule has 2 heterocycles. The molecule has 2 fully saturated rings. The molecule has 2 aliphatic carbocycles. The molecule has 27 heavy (non-hydrogen) atoms. The van der Waals surface area contributed by atoms with Crippen molar-refractivity contribution in [2.75, 3.05) is 13.1 Å². The Morgan fingerprint density at radius 3 is 2.81 bits per heavy atom. The normalized spacial score (nSPS) is 24.1. The van der Waals surface area contributed by atoms with Crippen molar-refractivity contribution in [1.29, 1.82) is 0 Å². The first kappa shape index (κ1) is 17.4. The topological polar surface area (TPSA) is 45.2 Å². The zero-order chi connectivity index (χ0) is 18.3. The maximum atomic E-state index is 12.4. The van der Waals surface area contributed by atoms with Crippen LogP contribution in [0.1, 0.15) is 60.6 Å². The van der Waals surface area contributed by atoms with E-state index in [4.69, 9.17) is 0 Å². The van der Waals surface area contributed by atoms with Crippen molar-refractivity contribution in [3.05, 3.63) is 52.0 Å². The Morgan fingerprint density at radius 2 is 2.07 bits per heavy atom. The fourth-order valence-corrected chi connectivity index (χ4v) is 5.74. The van der Waals surface area contributed by atoms with Gasteiger partial charge in [-0.05, 0) is 67.7 Å². The summed E-state index contributed by atoms with van der Waals surface area (Å²) < 4.78 is 0. The summed E-state index contributed by atoms with van der Waals surface area (Å²) in [6.45, 7) is 3.21. The van der Waals surface area contributed by atoms with Gasteiger partial charge in [0.1, 0.15) is 5.01 Å². The number of amides is 1. The minimum Gasteiger partial charge on any atom is -0.353 e. The van der Waals surface area contributed by atoms with E-state index < -0.39 is 0 Å². The second kappa shape index (κ2) is 7.02. The third kappa shape index (κ3) is 3.55. The van der Waals surface area contributed by atoms with Crippen molar-refractivity contribution in [3.8, 4) is 0 Å². The summed E-state index contributed by atoms with van der Waals surface area (Å²) >= 11 is 1.75. The van der Waals surface area contributed by atoms with Gasteiger partial charge >= 0.3 is 0 Å². The summed E-state index contributed by atoms with van der Waals surface area (Å²) in [7, 11) is 0. The molecule has 1 saturated carbocycles. The molecule has 0 radical (unpaired) electrons. The molecular formula is C22H27N3OS. The molecule has 1 aromatic heterocycles. The number of aromatic nitrogens is 1. The number of likely N-dealkylation sites (tertiary alicyclic amines) is 1. The van der Waals surface area contributed by atoms with Crippen molar-refractivity contribution in [2.24, 2.45) is 0 Å². The number of carbonyl (C=O) groups excluding carboxylic acids is 1. The van der Waals surface area contributed by atoms with Gasteiger partial charge in [-0.2, -0.15) is 0 Å². The van der Waals surface area contributed by atoms with E-state index in [0.717, 1.165) is 38.9 Å². The minimum absolute atomic E-state index is 0.246. The molecule has 2 aromatic rings. The number of hydrogen-bond donors (Lipinski definition) is 1. The predicted octanol–water partition coefficient (Wildman–Crippen LogP) is 3.83. The van der Waals surface area contributed by atoms with Gasteiger partial charge < -0.3 is 5.32 Å². The Kier molecular flexibility index (Phi) is 4.52. The van der Waals surface area contributed by atoms with E-state index in [2.05, 4.69) is 44.8 Å². The fraction of sp³-hybridized carbons (Fsp3) is 0.545. The average molecular weight is 382 g/mol. The van der Waals surface area contributed by atoms with Crippen LogP contribution in [0.5, 0.6) is 0 Å². The van der Waals surface area contributed by atoms with Gasteiger partial charge in [-0.1, -0.05) is 24.3 Å². The Morgan fingerprint density at radius 1 is 1.26 bits per heavy atom. The van der Waals surface area contributed by atoms with E-state index in [-0.39, 0.29) is 11.3 Å². The Bertz CT molecular complexity index is 807. The van der Waals surface area contributed by atoms with E-state index in [1.54, 1.807) is 11.3 Å². The number of thiazole rings is 1. The van der Waals surface area contributed by atoms with E-state index in [1.807, 2.05) is 6.20 Å². The molecule has 0 bridgehead atoms. The van der Waals surface area contributed by atoms with Crippen LogP contribution in [0, 0.1) is 0 Å². The standard InChI is InChI=1S/C22H27N3OS/c26-20(24-17-5-6-17)13-16-14-22(19-4-2-1-3-18(16)19)7-10-25(11-8-22)15-21-23-9-12-27-21/h1-4,9,12,16-17H,5-8,10-11,13-15H2,(H,24,26). The van der Waals surface area contributed by atoms with Crippen molar-refractivity contribution in [3.63, 3.8) is 0 Å². The molecule has 1 aromatic carbocycles. The highest BCUT2D eigenvalue weighted by Crippen LogP contribution is 2.52. The molecule has 1 atom stereocenters. The van der Waals surface area contributed by atoms with Crippen LogP contribution in [0.15, 0.2) is 35.8 Å². The van der Waals surface area contributed by atoms with Crippen molar-refractivity contribution in [1.82, 2.24) is 15.2 Å². The van der Waals surface area contributed by atoms with Gasteiger partial charge in [-0.25, -0.2) is 4.98 Å². The number of nitrogens with zero attached hydrogens (tertiary/aromatic N) is 2. The zero-order valence-corrected chi connectivity index (χ0v) is 16.5. The molecule has 1 N–H and O–H groups in total. The quantitative estimate of drug-likeness (QED) is 0.856. The maximum Gasteiger partial charge on any atom is 0.220 e. The lowest BCUT2D eigenvalue weighted by molar-refractivity contribution is -0.121. The average Bonchev–Trinajstić information content (AvgIpc) is 3.24. The zero-order valence-electron chi connectivity index (χ0n) is 15.7. The van der Waals surface area contributed by atoms with Crippen LogP contribution < -0.4 is 5.32 Å². The van der Waals surface area contributed by atoms with Gasteiger partial charge in [0, 0.05) is 24.0 Å². The van der Waals surface area contributed by atoms with Crippen molar-refractivity contribution in [2.45, 2.75) is 62.4 Å². The number of nitrogens with one attached hydrogen (secondary N) is 1. The predicted molar refractivity (Wildman–Crippen MR) is 108 cm³/mol. The third-order valence-corrected chi connectivity index (χ3v) is 7.40. The monoisotopic (exact) mass is 381 g/mol. The number of benzene rings is 1. The minimum atomic E-state index is 0.246. The SMILES string of the molecule is O=C(CC1CC2(CCN(Cc3nccs3)CC2)c2ccccc21)NC1CC1. The summed E-state index contributed by atoms with van der Waals surface area (Å²) in [5.41, 5.74) is 3.21. The van der Waals surface area contributed by atoms with Gasteiger partial charge in [0.05, 0.1) is 6.54 Å². The highest BCUT2D eigenvalue weighted by atomic mass is 32.1. The van der Waals surface area contributed by atoms with Crippen molar-refractivity contribution < 1.29 is 4.79 Å². The van der Waals surface area contributed by atoms with Crippen LogP contribution >= 0.6 is 11.3 Å². The number of piperidine rings is 1. The van der Waals surface area contributed by atoms with Gasteiger partial charge in [0.25, 0.3) is 0 Å². The van der Waals surface area contributed by atoms with Crippen LogP contribution in [0.3, 0.4) is 0 Å². The molecule has 4 nitrogen and oxygen atoms in total. The van der Waals surface area contributed by atoms with Crippen LogP contribution in [0.2, 0.25) is 0 Å². The molecule has 142 valence electrons. The Balaban J connectivity index is 1.29. The summed E-state index contributed by atoms with van der Waals surface area (Å²) in [4.78, 5) is 19.4. The smallest absolute Gasteiger partial charge is 0.220 e. The van der Waals surface area contributed by atoms with Gasteiger partial charge in [0.2, 0.25) is 5.91 Å². The number of fused-ring (bicyclic) bond motifs is 2. The van der Waals surface area contributed by atoms with E-state index in [9.17, 15) is 4.79 Å². The van der Waals surface area contributed by atoms with Gasteiger partial charge in [-0.15, -0.1) is 11.3 Å². The lowest BCUT2D eigenvalue weighted by Gasteiger charge is -2.40. The van der Waals surface area contributed by atoms with E-state index >= 15 is 0 Å². The largest absolute Gasteiger partial charge is 0.353 e. The lowest BCUT2D eigenvalue weighted by Crippen LogP contribution is -2.41. The maximum absolute atomic E-state index is 12.4. The first-order valence-corrected chi connectivity index (χ1v) is 11.1. The lowest BCUT2D eigenvalue weighted by atomic mass is 9.73. The van der Waals surface area contributed by atoms with Gasteiger partial charge in [0.15, 0.2) is 0 Å². The molecule has 1 spiro atoms. The summed E-state index contributed by atoms with van der Waals surface area (Å²) in [6.07, 6.45) is 8.38. The first-order valence-electron chi connectivity index (χ1n) is 10.2. The van der Waals surface area contributed by atoms with Crippen molar-refractivity contribution >= 4 is 17.2 Å². The van der Waals surface area contributed by atoms with Crippen LogP contribution in [0.25, 0.3) is 0 Å². The van der Waals surface area contributed by atoms with Gasteiger partial charge in [-0.3, -0.25) is 9.69 Å². The number of rotatable bonds is 5. The highest BCUT2D eigenvalue weighted by molar-refractivity contribution is 7.09. The second-order valence-corrected chi connectivity index (χ2v) is 9.50. The molecule has 3 aliphatic rings. The summed E-state index contributed by atoms with van der Waals surface area (Å²) in [5.74, 6) is 0.626. The molecule has 5 heteroatoms. The first-order chi connectivity index (χ1) is 13.2. The third-order valence-electron chi connectivity index (χ3n) is 6.64.